The van der Waals surface area contributed by atoms with Crippen LogP contribution in [-0.4, -0.2) is 44.3 Å². The zero-order valence-corrected chi connectivity index (χ0v) is 24.7. The molecule has 0 fully saturated rings. The number of phenolic OH excluding ortho intramolecular Hbond substituents is 1. The van der Waals surface area contributed by atoms with Gasteiger partial charge in [-0.15, -0.1) is 0 Å². The molecule has 1 aliphatic rings. The minimum Gasteiger partial charge on any atom is -0.507 e. The van der Waals surface area contributed by atoms with Crippen molar-refractivity contribution in [3.63, 3.8) is 0 Å². The molecule has 40 heavy (non-hydrogen) atoms. The molecule has 0 spiro atoms. The first kappa shape index (κ1) is 29.2. The van der Waals surface area contributed by atoms with E-state index >= 15 is 0 Å². The molecule has 10 heteroatoms. The number of Topliss-reactive ketones (excluding diaryl/α,β-unsaturated/α-hetero) is 1. The van der Waals surface area contributed by atoms with Gasteiger partial charge in [0.25, 0.3) is 0 Å². The van der Waals surface area contributed by atoms with Crippen molar-refractivity contribution in [3.05, 3.63) is 66.6 Å². The lowest BCUT2D eigenvalue weighted by atomic mass is 9.86. The zero-order chi connectivity index (χ0) is 29.6. The van der Waals surface area contributed by atoms with Crippen molar-refractivity contribution in [1.82, 2.24) is 4.57 Å². The fourth-order valence-electron chi connectivity index (χ4n) is 4.69. The number of carbonyl (C=O) groups excluding carboxylic acids is 2. The number of hydrogen-bond acceptors (Lipinski definition) is 9. The Morgan fingerprint density at radius 3 is 2.35 bits per heavy atom. The van der Waals surface area contributed by atoms with E-state index in [4.69, 9.17) is 14.2 Å². The molecule has 3 aromatic rings. The molecule has 2 aromatic carbocycles. The number of phenols is 1. The molecule has 0 radical (unpaired) electrons. The van der Waals surface area contributed by atoms with Crippen LogP contribution in [0, 0.1) is 20.8 Å². The number of aromatic nitrogens is 1. The van der Waals surface area contributed by atoms with E-state index in [0.717, 1.165) is 27.0 Å². The van der Waals surface area contributed by atoms with Gasteiger partial charge in [0.2, 0.25) is 5.88 Å². The SMILES string of the molecule is Cc1c(C)c2c(c(C)c1O)C(=O)CC(C)(COc1ccc(Cc3sc(=O)n(CC(=O)OC(C)(C)C)c3O)cc1)O2. The Bertz CT molecular complexity index is 1530. The second-order valence-corrected chi connectivity index (χ2v) is 12.5. The standard InChI is InChI=1S/C30H35NO8S/c1-16-17(2)26-24(18(3)25(16)34)21(32)13-30(7,39-26)15-37-20-10-8-19(9-11-20)12-22-27(35)31(28(36)40-22)14-23(33)38-29(4,5)6/h8-11,34-35H,12-15H2,1-7H3. The van der Waals surface area contributed by atoms with E-state index < -0.39 is 22.0 Å². The average Bonchev–Trinajstić information content (AvgIpc) is 3.11. The van der Waals surface area contributed by atoms with Gasteiger partial charge in [0.05, 0.1) is 16.9 Å². The van der Waals surface area contributed by atoms with E-state index in [1.807, 2.05) is 26.0 Å². The number of ketones is 1. The summed E-state index contributed by atoms with van der Waals surface area (Å²) >= 11 is 0.881. The molecule has 1 unspecified atom stereocenters. The van der Waals surface area contributed by atoms with Gasteiger partial charge in [-0.25, -0.2) is 0 Å². The van der Waals surface area contributed by atoms with Gasteiger partial charge in [0, 0.05) is 12.0 Å². The maximum atomic E-state index is 13.0. The van der Waals surface area contributed by atoms with Gasteiger partial charge in [0.15, 0.2) is 5.78 Å². The monoisotopic (exact) mass is 569 g/mol. The van der Waals surface area contributed by atoms with Crippen LogP contribution in [0.25, 0.3) is 0 Å². The highest BCUT2D eigenvalue weighted by Crippen LogP contribution is 2.43. The van der Waals surface area contributed by atoms with E-state index in [2.05, 4.69) is 0 Å². The summed E-state index contributed by atoms with van der Waals surface area (Å²) in [6, 6.07) is 7.18. The number of nitrogens with zero attached hydrogens (tertiary/aromatic N) is 1. The fraction of sp³-hybridized carbons (Fsp3) is 0.433. The molecule has 1 aromatic heterocycles. The normalized spacial score (nSPS) is 16.8. The van der Waals surface area contributed by atoms with Crippen molar-refractivity contribution in [2.45, 2.75) is 79.1 Å². The number of aromatic hydroxyl groups is 2. The number of esters is 1. The zero-order valence-electron chi connectivity index (χ0n) is 23.8. The highest BCUT2D eigenvalue weighted by Gasteiger charge is 2.40. The molecular weight excluding hydrogens is 534 g/mol. The van der Waals surface area contributed by atoms with E-state index in [0.29, 0.717) is 39.5 Å². The Kier molecular flexibility index (Phi) is 7.77. The Morgan fingerprint density at radius 1 is 1.07 bits per heavy atom. The molecule has 2 N–H and O–H groups in total. The number of fused-ring (bicyclic) bond motifs is 1. The molecule has 9 nitrogen and oxygen atoms in total. The van der Waals surface area contributed by atoms with Gasteiger partial charge in [0.1, 0.15) is 41.6 Å². The Labute approximate surface area is 236 Å². The van der Waals surface area contributed by atoms with Crippen LogP contribution in [0.4, 0.5) is 0 Å². The number of ether oxygens (including phenoxy) is 3. The van der Waals surface area contributed by atoms with Crippen LogP contribution in [0.5, 0.6) is 23.1 Å². The second-order valence-electron chi connectivity index (χ2n) is 11.5. The molecule has 2 heterocycles. The van der Waals surface area contributed by atoms with E-state index in [9.17, 15) is 24.6 Å². The molecule has 0 saturated carbocycles. The predicted molar refractivity (Wildman–Crippen MR) is 151 cm³/mol. The maximum absolute atomic E-state index is 13.0. The van der Waals surface area contributed by atoms with Crippen LogP contribution in [-0.2, 0) is 22.5 Å². The Balaban J connectivity index is 1.42. The van der Waals surface area contributed by atoms with Crippen LogP contribution in [0.3, 0.4) is 0 Å². The van der Waals surface area contributed by atoms with Crippen LogP contribution < -0.4 is 14.3 Å². The number of rotatable bonds is 7. The molecule has 1 aliphatic heterocycles. The average molecular weight is 570 g/mol. The lowest BCUT2D eigenvalue weighted by Gasteiger charge is -2.36. The third-order valence-electron chi connectivity index (χ3n) is 6.85. The lowest BCUT2D eigenvalue weighted by molar-refractivity contribution is -0.155. The summed E-state index contributed by atoms with van der Waals surface area (Å²) in [4.78, 5) is 37.6. The van der Waals surface area contributed by atoms with E-state index in [-0.39, 0.29) is 37.0 Å². The molecule has 0 aliphatic carbocycles. The van der Waals surface area contributed by atoms with Gasteiger partial charge in [-0.2, -0.15) is 0 Å². The summed E-state index contributed by atoms with van der Waals surface area (Å²) < 4.78 is 18.6. The Morgan fingerprint density at radius 2 is 1.73 bits per heavy atom. The summed E-state index contributed by atoms with van der Waals surface area (Å²) in [5.74, 6) is 0.228. The predicted octanol–water partition coefficient (Wildman–Crippen LogP) is 4.98. The van der Waals surface area contributed by atoms with Crippen LogP contribution in [0.15, 0.2) is 29.1 Å². The van der Waals surface area contributed by atoms with E-state index in [1.54, 1.807) is 46.8 Å². The molecule has 1 atom stereocenters. The minimum absolute atomic E-state index is 0.101. The van der Waals surface area contributed by atoms with Gasteiger partial charge >= 0.3 is 10.8 Å². The lowest BCUT2D eigenvalue weighted by Crippen LogP contribution is -2.44. The molecule has 0 saturated heterocycles. The molecule has 214 valence electrons. The summed E-state index contributed by atoms with van der Waals surface area (Å²) in [6.07, 6.45) is 0.406. The van der Waals surface area contributed by atoms with E-state index in [1.165, 1.54) is 0 Å². The van der Waals surface area contributed by atoms with Crippen molar-refractivity contribution in [2.75, 3.05) is 6.61 Å². The highest BCUT2D eigenvalue weighted by molar-refractivity contribution is 7.09. The van der Waals surface area contributed by atoms with Gasteiger partial charge in [-0.05, 0) is 77.3 Å². The molecule has 0 amide bonds. The summed E-state index contributed by atoms with van der Waals surface area (Å²) in [5, 5.41) is 21.0. The first-order valence-electron chi connectivity index (χ1n) is 13.0. The first-order valence-corrected chi connectivity index (χ1v) is 13.8. The van der Waals surface area contributed by atoms with Crippen molar-refractivity contribution in [3.8, 4) is 23.1 Å². The van der Waals surface area contributed by atoms with Crippen LogP contribution in [0.1, 0.15) is 71.6 Å². The molecule has 4 rings (SSSR count). The van der Waals surface area contributed by atoms with Gasteiger partial charge < -0.3 is 24.4 Å². The Hall–Kier alpha value is -3.79. The molecule has 0 bridgehead atoms. The van der Waals surface area contributed by atoms with Gasteiger partial charge in [-0.1, -0.05) is 23.5 Å². The van der Waals surface area contributed by atoms with Crippen molar-refractivity contribution < 1.29 is 34.0 Å². The maximum Gasteiger partial charge on any atom is 0.326 e. The summed E-state index contributed by atoms with van der Waals surface area (Å²) in [6.45, 7) is 12.1. The van der Waals surface area contributed by atoms with Gasteiger partial charge in [-0.3, -0.25) is 19.0 Å². The summed E-state index contributed by atoms with van der Waals surface area (Å²) in [5.41, 5.74) is 1.61. The minimum atomic E-state index is -0.890. The first-order chi connectivity index (χ1) is 18.6. The largest absolute Gasteiger partial charge is 0.507 e. The number of hydrogen-bond donors (Lipinski definition) is 2. The van der Waals surface area contributed by atoms with Crippen molar-refractivity contribution in [2.24, 2.45) is 0 Å². The van der Waals surface area contributed by atoms with Crippen LogP contribution in [0.2, 0.25) is 0 Å². The second kappa shape index (κ2) is 10.6. The fourth-order valence-corrected chi connectivity index (χ4v) is 5.60. The third-order valence-corrected chi connectivity index (χ3v) is 7.82. The quantitative estimate of drug-likeness (QED) is 0.382. The molecular formula is C30H35NO8S. The van der Waals surface area contributed by atoms with Crippen LogP contribution >= 0.6 is 11.3 Å². The smallest absolute Gasteiger partial charge is 0.326 e. The van der Waals surface area contributed by atoms with Crippen molar-refractivity contribution in [1.29, 1.82) is 0 Å². The third kappa shape index (κ3) is 6.01. The number of thiazole rings is 1. The summed E-state index contributed by atoms with van der Waals surface area (Å²) in [7, 11) is 0. The number of carbonyl (C=O) groups is 2. The highest BCUT2D eigenvalue weighted by atomic mass is 32.1. The topological polar surface area (TPSA) is 124 Å². The van der Waals surface area contributed by atoms with Crippen molar-refractivity contribution >= 4 is 23.1 Å². The number of benzene rings is 2.